The number of benzene rings is 8. The van der Waals surface area contributed by atoms with Crippen molar-refractivity contribution in [2.45, 2.75) is 174 Å². The van der Waals surface area contributed by atoms with Crippen LogP contribution in [-0.2, 0) is 14.9 Å². The summed E-state index contributed by atoms with van der Waals surface area (Å²) in [7, 11) is 11.6. The Morgan fingerprint density at radius 2 is 0.514 bits per heavy atom. The van der Waals surface area contributed by atoms with E-state index in [9.17, 15) is 17.0 Å². The zero-order valence-electron chi connectivity index (χ0n) is 67.8. The fourth-order valence-corrected chi connectivity index (χ4v) is 164. The quantitative estimate of drug-likeness (QED) is 0.112. The molecule has 111 heavy (non-hydrogen) atoms. The summed E-state index contributed by atoms with van der Waals surface area (Å²) in [6.45, 7) is 46.0. The summed E-state index contributed by atoms with van der Waals surface area (Å²) < 4.78 is -3.08. The third kappa shape index (κ3) is 10.1. The van der Waals surface area contributed by atoms with Crippen LogP contribution in [0.5, 0.6) is 0 Å². The van der Waals surface area contributed by atoms with Gasteiger partial charge >= 0.3 is 696 Å². The van der Waals surface area contributed by atoms with Gasteiger partial charge in [-0.25, -0.2) is 0 Å². The molecule has 5 spiro atoms. The minimum absolute atomic E-state index is 0.0793. The first-order valence-electron chi connectivity index (χ1n) is 40.4. The molecule has 2 aliphatic heterocycles. The molecular weight excluding hydrogens is 1640 g/mol. The molecule has 18 rings (SSSR count). The molecule has 13 heteroatoms. The summed E-state index contributed by atoms with van der Waals surface area (Å²) in [6, 6.07) is 57.3. The zero-order chi connectivity index (χ0) is 78.0. The molecule has 2 heterocycles. The van der Waals surface area contributed by atoms with E-state index >= 15 is 0 Å². The van der Waals surface area contributed by atoms with Gasteiger partial charge in [0.25, 0.3) is 0 Å². The standard InChI is InChI=1S/2C49H52S2Si3.2ClH.Zr/c2*1-32-26-44-38(36-28-34-18-10-12-22-40(34)46(30-36)50-53(4,5)6)20-14-16-24-42(44)48(32)52(3)49-33(2)27-45-39(21-15-17-25-43(45)49)37-29-35-19-11-13-23-41(35)47(31-37)51-54(7,8)9;;;/h2*10-31,38-39,52H,1-9H3;2*1H;/q;;;;+2/p-2. The molecule has 0 bridgehead atoms. The summed E-state index contributed by atoms with van der Waals surface area (Å²) in [5, 5.41) is 10.5. The van der Waals surface area contributed by atoms with E-state index in [1.165, 1.54) is 152 Å². The van der Waals surface area contributed by atoms with Crippen LogP contribution in [0.25, 0.3) is 43.1 Å². The number of allylic oxidation sites excluding steroid dienone is 32. The van der Waals surface area contributed by atoms with Crippen molar-refractivity contribution in [3.05, 3.63) is 356 Å². The van der Waals surface area contributed by atoms with Gasteiger partial charge in [-0.1, -0.05) is 0 Å². The van der Waals surface area contributed by atoms with Gasteiger partial charge in [0.15, 0.2) is 0 Å². The number of hydrogen-bond donors (Lipinski definition) is 0. The molecule has 8 unspecified atom stereocenters. The molecule has 8 atom stereocenters. The normalized spacial score (nSPS) is 29.2. The second kappa shape index (κ2) is 26.2. The predicted molar refractivity (Wildman–Crippen MR) is 508 cm³/mol. The molecule has 2 fully saturated rings. The zero-order valence-corrected chi connectivity index (χ0v) is 81.3. The molecule has 0 nitrogen and oxygen atoms in total. The minimum atomic E-state index is -7.89. The molecule has 8 aromatic carbocycles. The third-order valence-corrected chi connectivity index (χ3v) is 127. The van der Waals surface area contributed by atoms with E-state index in [1.807, 2.05) is 0 Å². The van der Waals surface area contributed by atoms with Gasteiger partial charge in [-0.15, -0.1) is 0 Å². The van der Waals surface area contributed by atoms with E-state index in [4.69, 9.17) is 0 Å². The Morgan fingerprint density at radius 3 is 0.721 bits per heavy atom. The van der Waals surface area contributed by atoms with Crippen molar-refractivity contribution in [3.63, 3.8) is 0 Å². The van der Waals surface area contributed by atoms with Crippen LogP contribution in [0.4, 0.5) is 0 Å². The molecule has 0 amide bonds. The summed E-state index contributed by atoms with van der Waals surface area (Å²) in [5.41, 5.74) is 22.0. The van der Waals surface area contributed by atoms with Gasteiger partial charge < -0.3 is 0 Å². The summed E-state index contributed by atoms with van der Waals surface area (Å²) in [4.78, 5) is 5.54. The second-order valence-corrected chi connectivity index (χ2v) is 114. The average Bonchev–Trinajstić information content (AvgIpc) is 1.50. The second-order valence-electron chi connectivity index (χ2n) is 37.7. The van der Waals surface area contributed by atoms with Crippen LogP contribution in [0.1, 0.15) is 73.6 Å². The number of halogens is 2. The van der Waals surface area contributed by atoms with Crippen molar-refractivity contribution in [1.29, 1.82) is 0 Å². The van der Waals surface area contributed by atoms with Crippen LogP contribution in [-0.4, -0.2) is 46.5 Å². The van der Waals surface area contributed by atoms with Crippen LogP contribution in [0.15, 0.2) is 354 Å². The monoisotopic (exact) mass is 1740 g/mol. The molecule has 8 aromatic rings. The maximum absolute atomic E-state index is 11.9. The van der Waals surface area contributed by atoms with Crippen molar-refractivity contribution >= 4 is 151 Å². The molecule has 0 radical (unpaired) electrons. The topological polar surface area (TPSA) is 0 Å². The molecule has 0 saturated carbocycles. The van der Waals surface area contributed by atoms with Crippen LogP contribution >= 0.6 is 61.9 Å². The predicted octanol–water partition coefficient (Wildman–Crippen LogP) is 31.0. The van der Waals surface area contributed by atoms with Gasteiger partial charge in [0, 0.05) is 0 Å². The van der Waals surface area contributed by atoms with Crippen LogP contribution in [0.2, 0.25) is 103 Å². The van der Waals surface area contributed by atoms with Gasteiger partial charge in [0.1, 0.15) is 0 Å². The number of hydrogen-bond acceptors (Lipinski definition) is 4. The molecule has 0 N–H and O–H groups in total. The van der Waals surface area contributed by atoms with Crippen molar-refractivity contribution < 1.29 is 14.9 Å². The first kappa shape index (κ1) is 77.1. The molecular formula is C98H104Cl2S4Si6Zr. The van der Waals surface area contributed by atoms with Crippen LogP contribution in [0, 0.1) is 0 Å². The van der Waals surface area contributed by atoms with E-state index in [2.05, 4.69) is 431 Å². The molecule has 8 aliphatic carbocycles. The fraction of sp³-hybridized carbons (Fsp3) is 0.265. The summed E-state index contributed by atoms with van der Waals surface area (Å²) in [6.07, 6.45) is 50.9. The van der Waals surface area contributed by atoms with Gasteiger partial charge in [-0.3, -0.25) is 0 Å². The summed E-state index contributed by atoms with van der Waals surface area (Å²) in [5.74, 6) is -0.317. The number of fused-ring (bicyclic) bond motifs is 12. The average molecular weight is 1740 g/mol. The van der Waals surface area contributed by atoms with Crippen molar-refractivity contribution in [2.75, 3.05) is 0 Å². The van der Waals surface area contributed by atoms with Crippen molar-refractivity contribution in [3.8, 4) is 0 Å². The Labute approximate surface area is 688 Å². The van der Waals surface area contributed by atoms with E-state index < -0.39 is 72.4 Å². The Hall–Kier alpha value is -5.20. The molecule has 0 aromatic heterocycles. The van der Waals surface area contributed by atoms with Crippen molar-refractivity contribution in [2.24, 2.45) is 0 Å². The Kier molecular flexibility index (Phi) is 18.2. The molecule has 10 aliphatic rings. The Morgan fingerprint density at radius 1 is 0.306 bits per heavy atom. The van der Waals surface area contributed by atoms with E-state index in [0.717, 1.165) is 0 Å². The number of rotatable bonds is 12. The maximum atomic E-state index is 11.9. The molecule has 562 valence electrons. The Bertz CT molecular complexity index is 5340. The van der Waals surface area contributed by atoms with Crippen molar-refractivity contribution in [1.82, 2.24) is 0 Å². The van der Waals surface area contributed by atoms with E-state index in [1.54, 1.807) is 0 Å². The van der Waals surface area contributed by atoms with Crippen LogP contribution in [0.3, 0.4) is 0 Å². The first-order chi connectivity index (χ1) is 52.6. The summed E-state index contributed by atoms with van der Waals surface area (Å²) >= 11 is 0.622. The SMILES string of the molecule is CC1=CC2=C(C=CC=CC2c2cc(S[Si](C)(C)C)c3ccccc3c2)[C]12[SiH](C)[C]1(C(C)=CC3=C1C=CC=CC3c1cc(S[Si](C)(C)C)c3ccccc3c1)[Zr]21([Cl])([Cl])[C]2(C(C)=CC3=C2C=CC=CC3c2cc(S[Si](C)(C)C)c3ccccc3c2)[SiH](C)[C]12C(C)=CC1=C2C=CC=CC1c1cc(S[Si](C)(C)C)c2ccccc2c1. The fourth-order valence-electron chi connectivity index (χ4n) is 25.5. The molecule has 2 saturated heterocycles. The van der Waals surface area contributed by atoms with E-state index in [0.29, 0.717) is 0 Å². The van der Waals surface area contributed by atoms with E-state index in [-0.39, 0.29) is 23.7 Å². The Balaban J connectivity index is 1.01. The van der Waals surface area contributed by atoms with Gasteiger partial charge in [0.05, 0.1) is 0 Å². The third-order valence-electron chi connectivity index (χ3n) is 27.6. The first-order valence-corrected chi connectivity index (χ1v) is 76.4. The van der Waals surface area contributed by atoms with Crippen LogP contribution < -0.4 is 0 Å². The van der Waals surface area contributed by atoms with Gasteiger partial charge in [-0.05, 0) is 0 Å². The van der Waals surface area contributed by atoms with Gasteiger partial charge in [-0.2, -0.15) is 0 Å². The van der Waals surface area contributed by atoms with Gasteiger partial charge in [0.2, 0.25) is 0 Å².